The lowest BCUT2D eigenvalue weighted by Gasteiger charge is -2.31. The van der Waals surface area contributed by atoms with Crippen molar-refractivity contribution in [3.05, 3.63) is 51.9 Å². The molecule has 0 N–H and O–H groups in total. The van der Waals surface area contributed by atoms with Crippen molar-refractivity contribution in [2.45, 2.75) is 39.0 Å². The molecule has 1 fully saturated rings. The summed E-state index contributed by atoms with van der Waals surface area (Å²) in [6.45, 7) is 5.26. The number of hydrogen-bond acceptors (Lipinski definition) is 6. The highest BCUT2D eigenvalue weighted by Crippen LogP contribution is 2.26. The number of piperidine rings is 1. The van der Waals surface area contributed by atoms with E-state index in [4.69, 9.17) is 4.52 Å². The second-order valence-electron chi connectivity index (χ2n) is 6.98. The van der Waals surface area contributed by atoms with Crippen molar-refractivity contribution < 1.29 is 9.32 Å². The molecule has 2 aromatic heterocycles. The number of hydrogen-bond donors (Lipinski definition) is 0. The number of amides is 1. The molecule has 0 saturated carbocycles. The molecule has 1 atom stereocenters. The average Bonchev–Trinajstić information content (AvgIpc) is 3.31. The van der Waals surface area contributed by atoms with Crippen LogP contribution in [0.3, 0.4) is 0 Å². The van der Waals surface area contributed by atoms with E-state index in [2.05, 4.69) is 20.5 Å². The van der Waals surface area contributed by atoms with Crippen LogP contribution >= 0.6 is 11.3 Å². The van der Waals surface area contributed by atoms with Crippen LogP contribution in [0.2, 0.25) is 0 Å². The molecule has 1 amide bonds. The third-order valence-corrected chi connectivity index (χ3v) is 5.66. The molecular formula is C20H22N4O2S. The van der Waals surface area contributed by atoms with Crippen LogP contribution in [0, 0.1) is 13.8 Å². The van der Waals surface area contributed by atoms with Crippen LogP contribution in [0.25, 0.3) is 11.3 Å². The van der Waals surface area contributed by atoms with Crippen LogP contribution in [-0.4, -0.2) is 39.0 Å². The predicted octanol–water partition coefficient (Wildman–Crippen LogP) is 3.76. The maximum Gasteiger partial charge on any atom is 0.231 e. The molecular weight excluding hydrogens is 360 g/mol. The van der Waals surface area contributed by atoms with Crippen molar-refractivity contribution in [2.75, 3.05) is 13.1 Å². The monoisotopic (exact) mass is 382 g/mol. The Balaban J connectivity index is 1.39. The number of thiazole rings is 1. The Hall–Kier alpha value is -2.54. The van der Waals surface area contributed by atoms with E-state index in [0.29, 0.717) is 24.7 Å². The van der Waals surface area contributed by atoms with Gasteiger partial charge in [0.1, 0.15) is 0 Å². The predicted molar refractivity (Wildman–Crippen MR) is 104 cm³/mol. The van der Waals surface area contributed by atoms with E-state index in [1.54, 1.807) is 11.3 Å². The highest BCUT2D eigenvalue weighted by atomic mass is 32.1. The Bertz CT molecular complexity index is 932. The summed E-state index contributed by atoms with van der Waals surface area (Å²) in [6, 6.07) is 8.12. The molecule has 0 aliphatic carbocycles. The lowest BCUT2D eigenvalue weighted by Crippen LogP contribution is -2.40. The molecule has 0 spiro atoms. The fraction of sp³-hybridized carbons (Fsp3) is 0.400. The van der Waals surface area contributed by atoms with Crippen molar-refractivity contribution in [1.82, 2.24) is 20.0 Å². The molecule has 3 aromatic rings. The van der Waals surface area contributed by atoms with Gasteiger partial charge in [0.2, 0.25) is 11.8 Å². The largest absolute Gasteiger partial charge is 0.342 e. The molecule has 27 heavy (non-hydrogen) atoms. The smallest absolute Gasteiger partial charge is 0.231 e. The van der Waals surface area contributed by atoms with Crippen LogP contribution < -0.4 is 0 Å². The molecule has 1 unspecified atom stereocenters. The van der Waals surface area contributed by atoms with Crippen molar-refractivity contribution in [3.63, 3.8) is 0 Å². The second-order valence-corrected chi connectivity index (χ2v) is 8.05. The van der Waals surface area contributed by atoms with E-state index in [1.165, 1.54) is 0 Å². The molecule has 1 aliphatic heterocycles. The van der Waals surface area contributed by atoms with Gasteiger partial charge in [-0.25, -0.2) is 4.98 Å². The van der Waals surface area contributed by atoms with Crippen molar-refractivity contribution >= 4 is 17.2 Å². The van der Waals surface area contributed by atoms with Gasteiger partial charge in [0.25, 0.3) is 0 Å². The van der Waals surface area contributed by atoms with Gasteiger partial charge in [-0.1, -0.05) is 29.4 Å². The van der Waals surface area contributed by atoms with Gasteiger partial charge < -0.3 is 9.42 Å². The summed E-state index contributed by atoms with van der Waals surface area (Å²) < 4.78 is 5.30. The van der Waals surface area contributed by atoms with Crippen LogP contribution in [0.5, 0.6) is 0 Å². The molecule has 1 aliphatic rings. The van der Waals surface area contributed by atoms with E-state index in [1.807, 2.05) is 43.0 Å². The highest BCUT2D eigenvalue weighted by Gasteiger charge is 2.28. The van der Waals surface area contributed by atoms with Crippen LogP contribution in [0.4, 0.5) is 0 Å². The summed E-state index contributed by atoms with van der Waals surface area (Å²) in [5.74, 6) is 1.57. The van der Waals surface area contributed by atoms with Gasteiger partial charge in [0.05, 0.1) is 23.0 Å². The van der Waals surface area contributed by atoms with Crippen molar-refractivity contribution in [1.29, 1.82) is 0 Å². The van der Waals surface area contributed by atoms with Gasteiger partial charge in [-0.15, -0.1) is 11.3 Å². The summed E-state index contributed by atoms with van der Waals surface area (Å²) in [5, 5.41) is 6.98. The highest BCUT2D eigenvalue weighted by molar-refractivity contribution is 7.09. The Morgan fingerprint density at radius 1 is 1.26 bits per heavy atom. The van der Waals surface area contributed by atoms with E-state index in [9.17, 15) is 4.79 Å². The quantitative estimate of drug-likeness (QED) is 0.687. The fourth-order valence-corrected chi connectivity index (χ4v) is 4.08. The van der Waals surface area contributed by atoms with E-state index in [-0.39, 0.29) is 11.8 Å². The number of rotatable bonds is 4. The van der Waals surface area contributed by atoms with Gasteiger partial charge in [-0.05, 0) is 32.3 Å². The first-order chi connectivity index (χ1) is 13.1. The number of nitrogens with zero attached hydrogens (tertiary/aromatic N) is 4. The SMILES string of the molecule is Cc1noc(C2CCCN(C(=O)Cc3ccc(-c4csc(C)n4)cc3)C2)n1. The molecule has 1 saturated heterocycles. The topological polar surface area (TPSA) is 72.1 Å². The molecule has 0 bridgehead atoms. The number of likely N-dealkylation sites (tertiary alicyclic amines) is 1. The fourth-order valence-electron chi connectivity index (χ4n) is 3.46. The first kappa shape index (κ1) is 17.9. The van der Waals surface area contributed by atoms with Crippen molar-refractivity contribution in [2.24, 2.45) is 0 Å². The van der Waals surface area contributed by atoms with Crippen LogP contribution in [-0.2, 0) is 11.2 Å². The van der Waals surface area contributed by atoms with Crippen molar-refractivity contribution in [3.8, 4) is 11.3 Å². The number of benzene rings is 1. The number of aryl methyl sites for hydroxylation is 2. The Kier molecular flexibility index (Phi) is 5.03. The third-order valence-electron chi connectivity index (χ3n) is 4.89. The maximum atomic E-state index is 12.8. The number of carbonyl (C=O) groups excluding carboxylic acids is 1. The Labute approximate surface area is 162 Å². The maximum absolute atomic E-state index is 12.8. The summed E-state index contributed by atoms with van der Waals surface area (Å²) in [5.41, 5.74) is 3.09. The minimum atomic E-state index is 0.138. The van der Waals surface area contributed by atoms with E-state index >= 15 is 0 Å². The first-order valence-electron chi connectivity index (χ1n) is 9.18. The molecule has 3 heterocycles. The summed E-state index contributed by atoms with van der Waals surface area (Å²) >= 11 is 1.64. The van der Waals surface area contributed by atoms with Gasteiger partial charge in [0, 0.05) is 24.0 Å². The Morgan fingerprint density at radius 2 is 2.07 bits per heavy atom. The molecule has 6 nitrogen and oxygen atoms in total. The van der Waals surface area contributed by atoms with E-state index < -0.39 is 0 Å². The summed E-state index contributed by atoms with van der Waals surface area (Å²) in [6.07, 6.45) is 2.35. The number of carbonyl (C=O) groups is 1. The summed E-state index contributed by atoms with van der Waals surface area (Å²) in [4.78, 5) is 23.5. The molecule has 4 rings (SSSR count). The summed E-state index contributed by atoms with van der Waals surface area (Å²) in [7, 11) is 0. The number of aromatic nitrogens is 3. The minimum Gasteiger partial charge on any atom is -0.342 e. The van der Waals surface area contributed by atoms with Crippen LogP contribution in [0.1, 0.15) is 41.0 Å². The molecule has 7 heteroatoms. The van der Waals surface area contributed by atoms with Gasteiger partial charge in [0.15, 0.2) is 5.82 Å². The minimum absolute atomic E-state index is 0.138. The lowest BCUT2D eigenvalue weighted by molar-refractivity contribution is -0.131. The van der Waals surface area contributed by atoms with Gasteiger partial charge >= 0.3 is 0 Å². The first-order valence-corrected chi connectivity index (χ1v) is 10.1. The zero-order valence-electron chi connectivity index (χ0n) is 15.5. The van der Waals surface area contributed by atoms with Gasteiger partial charge in [-0.2, -0.15) is 4.98 Å². The zero-order chi connectivity index (χ0) is 18.8. The lowest BCUT2D eigenvalue weighted by atomic mass is 9.97. The second kappa shape index (κ2) is 7.60. The zero-order valence-corrected chi connectivity index (χ0v) is 16.3. The normalized spacial score (nSPS) is 17.3. The third kappa shape index (κ3) is 4.08. The van der Waals surface area contributed by atoms with Gasteiger partial charge in [-0.3, -0.25) is 4.79 Å². The molecule has 140 valence electrons. The van der Waals surface area contributed by atoms with Crippen LogP contribution in [0.15, 0.2) is 34.2 Å². The Morgan fingerprint density at radius 3 is 2.74 bits per heavy atom. The molecule has 0 radical (unpaired) electrons. The standard InChI is InChI=1S/C20H22N4O2S/c1-13-21-20(26-23-13)17-4-3-9-24(11-17)19(25)10-15-5-7-16(8-6-15)18-12-27-14(2)22-18/h5-8,12,17H,3-4,9-11H2,1-2H3. The average molecular weight is 382 g/mol. The van der Waals surface area contributed by atoms with E-state index in [0.717, 1.165) is 41.2 Å². The molecule has 1 aromatic carbocycles.